The van der Waals surface area contributed by atoms with E-state index in [9.17, 15) is 18.0 Å². The number of thioether (sulfide) groups is 1. The van der Waals surface area contributed by atoms with Gasteiger partial charge in [0.1, 0.15) is 0 Å². The number of hydrogen-bond acceptors (Lipinski definition) is 5. The topological polar surface area (TPSA) is 63.9 Å². The molecule has 2 aromatic heterocycles. The highest BCUT2D eigenvalue weighted by molar-refractivity contribution is 7.98. The van der Waals surface area contributed by atoms with Crippen LogP contribution in [-0.2, 0) is 11.9 Å². The van der Waals surface area contributed by atoms with Crippen LogP contribution in [0.2, 0.25) is 0 Å². The molecule has 0 unspecified atom stereocenters. The van der Waals surface area contributed by atoms with Crippen molar-refractivity contribution in [1.82, 2.24) is 24.6 Å². The third-order valence-corrected chi connectivity index (χ3v) is 6.48. The molecule has 2 aromatic carbocycles. The monoisotopic (exact) mass is 511 g/mol. The second-order valence-electron chi connectivity index (χ2n) is 8.14. The molecule has 4 rings (SSSR count). The van der Waals surface area contributed by atoms with Crippen molar-refractivity contribution in [2.75, 3.05) is 13.6 Å². The van der Waals surface area contributed by atoms with Gasteiger partial charge in [0.2, 0.25) is 0 Å². The Morgan fingerprint density at radius 2 is 1.75 bits per heavy atom. The average molecular weight is 512 g/mol. The molecule has 186 valence electrons. The Hall–Kier alpha value is -3.66. The second kappa shape index (κ2) is 10.9. The molecule has 0 aliphatic rings. The zero-order valence-corrected chi connectivity index (χ0v) is 20.6. The van der Waals surface area contributed by atoms with Crippen molar-refractivity contribution < 1.29 is 18.0 Å². The summed E-state index contributed by atoms with van der Waals surface area (Å²) >= 11 is 1.35. The van der Waals surface area contributed by atoms with Crippen LogP contribution in [0.5, 0.6) is 0 Å². The Kier molecular flexibility index (Phi) is 7.73. The lowest BCUT2D eigenvalue weighted by atomic mass is 10.1. The molecular weight excluding hydrogens is 487 g/mol. The van der Waals surface area contributed by atoms with Crippen molar-refractivity contribution in [1.29, 1.82) is 0 Å². The molecule has 2 heterocycles. The Balaban J connectivity index is 1.62. The molecule has 0 spiro atoms. The number of amides is 1. The number of carbonyl (C=O) groups is 1. The molecule has 36 heavy (non-hydrogen) atoms. The number of halogens is 3. The molecule has 0 aliphatic carbocycles. The maximum Gasteiger partial charge on any atom is 0.416 e. The summed E-state index contributed by atoms with van der Waals surface area (Å²) in [5.74, 6) is 0.869. The first-order valence-corrected chi connectivity index (χ1v) is 12.3. The summed E-state index contributed by atoms with van der Waals surface area (Å²) in [5, 5.41) is 9.00. The highest BCUT2D eigenvalue weighted by atomic mass is 32.2. The summed E-state index contributed by atoms with van der Waals surface area (Å²) < 4.78 is 41.8. The fourth-order valence-electron chi connectivity index (χ4n) is 3.65. The molecule has 0 bridgehead atoms. The van der Waals surface area contributed by atoms with Crippen LogP contribution >= 0.6 is 11.8 Å². The van der Waals surface area contributed by atoms with E-state index in [1.807, 2.05) is 19.1 Å². The van der Waals surface area contributed by atoms with E-state index >= 15 is 0 Å². The lowest BCUT2D eigenvalue weighted by molar-refractivity contribution is -0.137. The van der Waals surface area contributed by atoms with Gasteiger partial charge >= 0.3 is 6.18 Å². The summed E-state index contributed by atoms with van der Waals surface area (Å²) in [6.07, 6.45) is -0.411. The van der Waals surface area contributed by atoms with Crippen molar-refractivity contribution in [3.05, 3.63) is 89.7 Å². The van der Waals surface area contributed by atoms with E-state index in [4.69, 9.17) is 0 Å². The normalized spacial score (nSPS) is 11.5. The highest BCUT2D eigenvalue weighted by Crippen LogP contribution is 2.34. The first kappa shape index (κ1) is 25.4. The van der Waals surface area contributed by atoms with Crippen molar-refractivity contribution in [2.24, 2.45) is 0 Å². The summed E-state index contributed by atoms with van der Waals surface area (Å²) in [5.41, 5.74) is 1.79. The van der Waals surface area contributed by atoms with Crippen molar-refractivity contribution in [2.45, 2.75) is 30.4 Å². The molecule has 0 radical (unpaired) electrons. The van der Waals surface area contributed by atoms with E-state index in [2.05, 4.69) is 15.2 Å². The average Bonchev–Trinajstić information content (AvgIpc) is 3.31. The summed E-state index contributed by atoms with van der Waals surface area (Å²) in [7, 11) is 1.77. The molecule has 0 atom stereocenters. The SMILES string of the molecule is CCCN(C)C(=O)c1ccc(CSc2nnc(-c3ccncc3)n2-c2cccc(C(F)(F)F)c2)cc1. The number of alkyl halides is 3. The Morgan fingerprint density at radius 1 is 1.03 bits per heavy atom. The molecule has 0 saturated heterocycles. The van der Waals surface area contributed by atoms with Gasteiger partial charge in [0.05, 0.1) is 11.3 Å². The van der Waals surface area contributed by atoms with Gasteiger partial charge in [-0.1, -0.05) is 36.9 Å². The minimum absolute atomic E-state index is 0.0395. The second-order valence-corrected chi connectivity index (χ2v) is 9.08. The molecule has 0 saturated carbocycles. The van der Waals surface area contributed by atoms with Gasteiger partial charge in [-0.3, -0.25) is 14.3 Å². The maximum atomic E-state index is 13.4. The first-order chi connectivity index (χ1) is 17.3. The summed E-state index contributed by atoms with van der Waals surface area (Å²) in [6.45, 7) is 2.70. The van der Waals surface area contributed by atoms with Crippen LogP contribution in [0.1, 0.15) is 34.8 Å². The molecule has 10 heteroatoms. The number of rotatable bonds is 8. The lowest BCUT2D eigenvalue weighted by Crippen LogP contribution is -2.27. The maximum absolute atomic E-state index is 13.4. The van der Waals surface area contributed by atoms with Crippen LogP contribution in [0.15, 0.2) is 78.2 Å². The largest absolute Gasteiger partial charge is 0.416 e. The van der Waals surface area contributed by atoms with Gasteiger partial charge in [-0.25, -0.2) is 0 Å². The van der Waals surface area contributed by atoms with Crippen LogP contribution < -0.4 is 0 Å². The zero-order chi connectivity index (χ0) is 25.7. The lowest BCUT2D eigenvalue weighted by Gasteiger charge is -2.16. The fraction of sp³-hybridized carbons (Fsp3) is 0.231. The van der Waals surface area contributed by atoms with E-state index in [1.165, 1.54) is 17.8 Å². The summed E-state index contributed by atoms with van der Waals surface area (Å²) in [6, 6.07) is 15.9. The third kappa shape index (κ3) is 5.76. The summed E-state index contributed by atoms with van der Waals surface area (Å²) in [4.78, 5) is 18.2. The molecular formula is C26H24F3N5OS. The number of carbonyl (C=O) groups excluding carboxylic acids is 1. The van der Waals surface area contributed by atoms with E-state index in [0.717, 1.165) is 24.1 Å². The van der Waals surface area contributed by atoms with Gasteiger partial charge in [-0.05, 0) is 54.4 Å². The van der Waals surface area contributed by atoms with E-state index in [0.29, 0.717) is 40.1 Å². The molecule has 0 fully saturated rings. The zero-order valence-electron chi connectivity index (χ0n) is 19.7. The smallest absolute Gasteiger partial charge is 0.342 e. The van der Waals surface area contributed by atoms with Crippen LogP contribution in [0.3, 0.4) is 0 Å². The van der Waals surface area contributed by atoms with Crippen molar-refractivity contribution in [3.8, 4) is 17.1 Å². The third-order valence-electron chi connectivity index (χ3n) is 5.48. The number of nitrogens with zero attached hydrogens (tertiary/aromatic N) is 5. The van der Waals surface area contributed by atoms with E-state index in [1.54, 1.807) is 59.2 Å². The molecule has 1 amide bonds. The fourth-order valence-corrected chi connectivity index (χ4v) is 4.56. The Bertz CT molecular complexity index is 1320. The van der Waals surface area contributed by atoms with Crippen molar-refractivity contribution in [3.63, 3.8) is 0 Å². The van der Waals surface area contributed by atoms with E-state index < -0.39 is 11.7 Å². The predicted molar refractivity (Wildman–Crippen MR) is 133 cm³/mol. The van der Waals surface area contributed by atoms with Gasteiger partial charge < -0.3 is 4.90 Å². The van der Waals surface area contributed by atoms with Crippen LogP contribution in [0.4, 0.5) is 13.2 Å². The molecule has 4 aromatic rings. The van der Waals surface area contributed by atoms with Crippen LogP contribution in [0, 0.1) is 0 Å². The Labute approximate surface area is 211 Å². The molecule has 0 N–H and O–H groups in total. The first-order valence-electron chi connectivity index (χ1n) is 11.3. The highest BCUT2D eigenvalue weighted by Gasteiger charge is 2.31. The Morgan fingerprint density at radius 3 is 2.42 bits per heavy atom. The number of benzene rings is 2. The van der Waals surface area contributed by atoms with Crippen LogP contribution in [0.25, 0.3) is 17.1 Å². The quantitative estimate of drug-likeness (QED) is 0.267. The molecule has 0 aliphatic heterocycles. The van der Waals surface area contributed by atoms with Gasteiger partial charge in [-0.15, -0.1) is 10.2 Å². The minimum Gasteiger partial charge on any atom is -0.342 e. The van der Waals surface area contributed by atoms with Crippen molar-refractivity contribution >= 4 is 17.7 Å². The van der Waals surface area contributed by atoms with Gasteiger partial charge in [0.25, 0.3) is 5.91 Å². The number of hydrogen-bond donors (Lipinski definition) is 0. The minimum atomic E-state index is -4.47. The van der Waals surface area contributed by atoms with E-state index in [-0.39, 0.29) is 5.91 Å². The van der Waals surface area contributed by atoms with Gasteiger partial charge in [0.15, 0.2) is 11.0 Å². The standard InChI is InChI=1S/C26H24F3N5OS/c1-3-15-33(2)24(35)20-9-7-18(8-10-20)17-36-25-32-31-23(19-11-13-30-14-12-19)34(25)22-6-4-5-21(16-22)26(27,28)29/h4-14,16H,3,15,17H2,1-2H3. The van der Waals surface area contributed by atoms with Gasteiger partial charge in [0, 0.05) is 42.9 Å². The van der Waals surface area contributed by atoms with Gasteiger partial charge in [-0.2, -0.15) is 13.2 Å². The molecule has 6 nitrogen and oxygen atoms in total. The predicted octanol–water partition coefficient (Wildman–Crippen LogP) is 6.12. The number of pyridine rings is 1. The van der Waals surface area contributed by atoms with Crippen LogP contribution in [-0.4, -0.2) is 44.1 Å². The number of aromatic nitrogens is 4.